The minimum Gasteiger partial charge on any atom is -0.444 e. The van der Waals surface area contributed by atoms with E-state index >= 15 is 0 Å². The summed E-state index contributed by atoms with van der Waals surface area (Å²) in [6.07, 6.45) is 4.24. The zero-order valence-corrected chi connectivity index (χ0v) is 20.2. The highest BCUT2D eigenvalue weighted by Gasteiger charge is 2.26. The van der Waals surface area contributed by atoms with Gasteiger partial charge in [0.15, 0.2) is 0 Å². The Bertz CT molecular complexity index is 1410. The van der Waals surface area contributed by atoms with Crippen molar-refractivity contribution >= 4 is 28.8 Å². The number of nitriles is 1. The number of nitrogens with zero attached hydrogens (tertiary/aromatic N) is 5. The molecule has 0 saturated heterocycles. The Balaban J connectivity index is 1.38. The average molecular weight is 473 g/mol. The number of anilines is 2. The fraction of sp³-hybridized carbons (Fsp3) is 0.423. The van der Waals surface area contributed by atoms with Crippen LogP contribution in [0.4, 0.5) is 16.4 Å². The number of pyridine rings is 1. The van der Waals surface area contributed by atoms with E-state index in [-0.39, 0.29) is 17.2 Å². The Morgan fingerprint density at radius 1 is 1.26 bits per heavy atom. The molecule has 2 aromatic heterocycles. The number of hydrogen-bond donors (Lipinski definition) is 1. The van der Waals surface area contributed by atoms with Crippen LogP contribution in [0.25, 0.3) is 11.0 Å². The molecule has 0 radical (unpaired) electrons. The SMILES string of the molecule is CC(C)(C)OC(=O)N1CCc2cc(Nc3ncc4cc(C#N)c(=O)n(CC5CC5)c4n3)ccc2C1. The number of amides is 1. The highest BCUT2D eigenvalue weighted by Crippen LogP contribution is 2.31. The number of rotatable bonds is 4. The zero-order valence-electron chi connectivity index (χ0n) is 20.2. The van der Waals surface area contributed by atoms with Crippen LogP contribution in [0.15, 0.2) is 35.3 Å². The van der Waals surface area contributed by atoms with Crippen LogP contribution in [0.2, 0.25) is 0 Å². The topological polar surface area (TPSA) is 113 Å². The second-order valence-electron chi connectivity index (χ2n) is 10.3. The van der Waals surface area contributed by atoms with Crippen LogP contribution in [-0.4, -0.2) is 37.7 Å². The molecule has 1 fully saturated rings. The molecule has 1 amide bonds. The van der Waals surface area contributed by atoms with Gasteiger partial charge in [-0.15, -0.1) is 0 Å². The first-order valence-corrected chi connectivity index (χ1v) is 11.9. The maximum atomic E-state index is 12.8. The van der Waals surface area contributed by atoms with Gasteiger partial charge in [0.25, 0.3) is 5.56 Å². The second-order valence-corrected chi connectivity index (χ2v) is 10.3. The molecular formula is C26H28N6O3. The van der Waals surface area contributed by atoms with Crippen molar-refractivity contribution in [3.8, 4) is 6.07 Å². The van der Waals surface area contributed by atoms with Crippen LogP contribution in [-0.2, 0) is 24.2 Å². The van der Waals surface area contributed by atoms with E-state index in [9.17, 15) is 14.9 Å². The van der Waals surface area contributed by atoms with Crippen LogP contribution >= 0.6 is 0 Å². The Morgan fingerprint density at radius 3 is 2.77 bits per heavy atom. The molecule has 9 nitrogen and oxygen atoms in total. The quantitative estimate of drug-likeness (QED) is 0.608. The van der Waals surface area contributed by atoms with Crippen LogP contribution in [0, 0.1) is 17.2 Å². The third kappa shape index (κ3) is 4.97. The maximum absolute atomic E-state index is 12.8. The molecule has 35 heavy (non-hydrogen) atoms. The van der Waals surface area contributed by atoms with Gasteiger partial charge in [0.2, 0.25) is 5.95 Å². The van der Waals surface area contributed by atoms with Crippen LogP contribution in [0.1, 0.15) is 50.3 Å². The molecule has 3 aromatic rings. The van der Waals surface area contributed by atoms with E-state index in [4.69, 9.17) is 4.74 Å². The smallest absolute Gasteiger partial charge is 0.410 e. The van der Waals surface area contributed by atoms with Crippen molar-refractivity contribution in [2.75, 3.05) is 11.9 Å². The van der Waals surface area contributed by atoms with E-state index in [0.717, 1.165) is 36.1 Å². The lowest BCUT2D eigenvalue weighted by atomic mass is 9.99. The fourth-order valence-electron chi connectivity index (χ4n) is 4.27. The van der Waals surface area contributed by atoms with Crippen molar-refractivity contribution in [3.63, 3.8) is 0 Å². The first-order valence-electron chi connectivity index (χ1n) is 11.9. The zero-order chi connectivity index (χ0) is 24.7. The second kappa shape index (κ2) is 8.69. The highest BCUT2D eigenvalue weighted by molar-refractivity contribution is 5.77. The molecule has 1 N–H and O–H groups in total. The summed E-state index contributed by atoms with van der Waals surface area (Å²) in [4.78, 5) is 36.0. The van der Waals surface area contributed by atoms with Gasteiger partial charge < -0.3 is 15.0 Å². The molecule has 9 heteroatoms. The van der Waals surface area contributed by atoms with Crippen molar-refractivity contribution in [1.29, 1.82) is 5.26 Å². The molecule has 1 aliphatic heterocycles. The van der Waals surface area contributed by atoms with Gasteiger partial charge in [-0.3, -0.25) is 9.36 Å². The summed E-state index contributed by atoms with van der Waals surface area (Å²) in [5.41, 5.74) is 2.87. The summed E-state index contributed by atoms with van der Waals surface area (Å²) in [6.45, 7) is 7.25. The molecule has 5 rings (SSSR count). The number of carbonyl (C=O) groups is 1. The van der Waals surface area contributed by atoms with E-state index in [1.54, 1.807) is 21.7 Å². The summed E-state index contributed by atoms with van der Waals surface area (Å²) in [7, 11) is 0. The molecule has 180 valence electrons. The summed E-state index contributed by atoms with van der Waals surface area (Å²) < 4.78 is 7.11. The molecular weight excluding hydrogens is 444 g/mol. The third-order valence-corrected chi connectivity index (χ3v) is 6.21. The van der Waals surface area contributed by atoms with Crippen LogP contribution in [0.3, 0.4) is 0 Å². The van der Waals surface area contributed by atoms with Gasteiger partial charge in [0.1, 0.15) is 22.9 Å². The molecule has 3 heterocycles. The molecule has 1 aromatic carbocycles. The van der Waals surface area contributed by atoms with Gasteiger partial charge in [-0.1, -0.05) is 6.07 Å². The number of benzene rings is 1. The van der Waals surface area contributed by atoms with E-state index in [2.05, 4.69) is 15.3 Å². The minimum absolute atomic E-state index is 0.109. The predicted octanol–water partition coefficient (Wildman–Crippen LogP) is 4.11. The van der Waals surface area contributed by atoms with Crippen molar-refractivity contribution in [1.82, 2.24) is 19.4 Å². The largest absolute Gasteiger partial charge is 0.444 e. The summed E-state index contributed by atoms with van der Waals surface area (Å²) in [5, 5.41) is 13.3. The van der Waals surface area contributed by atoms with E-state index in [0.29, 0.717) is 42.5 Å². The molecule has 1 saturated carbocycles. The third-order valence-electron chi connectivity index (χ3n) is 6.21. The first kappa shape index (κ1) is 22.8. The van der Waals surface area contributed by atoms with Crippen LogP contribution in [0.5, 0.6) is 0 Å². The Morgan fingerprint density at radius 2 is 2.06 bits per heavy atom. The van der Waals surface area contributed by atoms with Gasteiger partial charge in [0.05, 0.1) is 0 Å². The summed E-state index contributed by atoms with van der Waals surface area (Å²) in [6, 6.07) is 9.52. The number of aromatic nitrogens is 3. The molecule has 1 aliphatic carbocycles. The molecule has 2 aliphatic rings. The van der Waals surface area contributed by atoms with Crippen molar-refractivity contribution in [2.45, 2.75) is 58.7 Å². The average Bonchev–Trinajstić information content (AvgIpc) is 3.63. The van der Waals surface area contributed by atoms with Crippen LogP contribution < -0.4 is 10.9 Å². The number of fused-ring (bicyclic) bond motifs is 2. The Hall–Kier alpha value is -3.93. The van der Waals surface area contributed by atoms with E-state index in [1.165, 1.54) is 0 Å². The maximum Gasteiger partial charge on any atom is 0.410 e. The lowest BCUT2D eigenvalue weighted by Gasteiger charge is -2.31. The monoisotopic (exact) mass is 472 g/mol. The summed E-state index contributed by atoms with van der Waals surface area (Å²) >= 11 is 0. The van der Waals surface area contributed by atoms with Gasteiger partial charge in [-0.25, -0.2) is 9.78 Å². The number of carbonyl (C=O) groups excluding carboxylic acids is 1. The van der Waals surface area contributed by atoms with E-state index < -0.39 is 5.60 Å². The van der Waals surface area contributed by atoms with Gasteiger partial charge >= 0.3 is 6.09 Å². The highest BCUT2D eigenvalue weighted by atomic mass is 16.6. The molecule has 0 unspecified atom stereocenters. The molecule has 0 atom stereocenters. The number of hydrogen-bond acceptors (Lipinski definition) is 7. The lowest BCUT2D eigenvalue weighted by Crippen LogP contribution is -2.39. The van der Waals surface area contributed by atoms with Crippen molar-refractivity contribution in [2.24, 2.45) is 5.92 Å². The normalized spacial score (nSPS) is 15.4. The van der Waals surface area contributed by atoms with Gasteiger partial charge in [-0.05, 0) is 75.3 Å². The summed E-state index contributed by atoms with van der Waals surface area (Å²) in [5.74, 6) is 0.842. The fourth-order valence-corrected chi connectivity index (χ4v) is 4.27. The molecule has 0 bridgehead atoms. The van der Waals surface area contributed by atoms with E-state index in [1.807, 2.05) is 45.0 Å². The number of nitrogens with one attached hydrogen (secondary N) is 1. The first-order chi connectivity index (χ1) is 16.7. The number of ether oxygens (including phenoxy) is 1. The standard InChI is InChI=1S/C26H28N6O3/c1-26(2,3)35-25(34)31-9-8-17-11-21(7-6-18(17)15-31)29-24-28-13-20-10-19(12-27)23(33)32(22(20)30-24)14-16-4-5-16/h6-7,10-11,13,16H,4-5,8-9,14-15H2,1-3H3,(H,28,29,30). The lowest BCUT2D eigenvalue weighted by molar-refractivity contribution is 0.0224. The molecule has 0 spiro atoms. The predicted molar refractivity (Wildman–Crippen MR) is 131 cm³/mol. The van der Waals surface area contributed by atoms with Crippen molar-refractivity contribution in [3.05, 3.63) is 57.5 Å². The van der Waals surface area contributed by atoms with Crippen molar-refractivity contribution < 1.29 is 9.53 Å². The Labute approximate surface area is 203 Å². The minimum atomic E-state index is -0.523. The van der Waals surface area contributed by atoms with Gasteiger partial charge in [-0.2, -0.15) is 10.2 Å². The van der Waals surface area contributed by atoms with Gasteiger partial charge in [0, 0.05) is 36.9 Å². The Kier molecular flexibility index (Phi) is 5.67.